The SMILES string of the molecule is CCC(C)(C)C(=O)OC12CC3CC(CC(O)(C3)C1)C2.CCC(C)(C)C(=O)OC1C2CC3C(=O)OC1C3C2.CCC1(OC(=O)C(C)(C)CC)CCCC1. The highest BCUT2D eigenvalue weighted by atomic mass is 16.6. The van der Waals surface area contributed by atoms with Crippen LogP contribution in [0.4, 0.5) is 0 Å². The standard InChI is InChI=1S/C16H26O3.C14H20O4.C13H24O2/c1-4-14(2,3)13(17)19-16-8-11-5-12(9-16)7-15(18,6-11)10-16;1-4-14(2,3)13(16)18-10-7-5-8-9(6-7)12(15)17-11(8)10;1-5-12(3,4)11(14)15-13(6-2)9-7-8-10-13/h11-12,18H,4-10H2,1-3H3;7-11H,4-6H2,1-3H3;5-10H2,1-4H3. The molecule has 0 aromatic carbocycles. The number of ether oxygens (including phenoxy) is 4. The summed E-state index contributed by atoms with van der Waals surface area (Å²) in [6.07, 6.45) is 14.9. The number of rotatable bonds is 10. The van der Waals surface area contributed by atoms with E-state index in [1.165, 1.54) is 19.3 Å². The summed E-state index contributed by atoms with van der Waals surface area (Å²) >= 11 is 0. The normalized spacial score (nSPS) is 36.3. The van der Waals surface area contributed by atoms with E-state index >= 15 is 0 Å². The van der Waals surface area contributed by atoms with Crippen LogP contribution >= 0.6 is 0 Å². The summed E-state index contributed by atoms with van der Waals surface area (Å²) < 4.78 is 22.8. The predicted octanol–water partition coefficient (Wildman–Crippen LogP) is 8.65. The minimum absolute atomic E-state index is 0.0197. The van der Waals surface area contributed by atoms with Gasteiger partial charge in [-0.15, -0.1) is 0 Å². The molecule has 6 bridgehead atoms. The van der Waals surface area contributed by atoms with Gasteiger partial charge in [0.1, 0.15) is 23.4 Å². The summed E-state index contributed by atoms with van der Waals surface area (Å²) in [7, 11) is 0. The summed E-state index contributed by atoms with van der Waals surface area (Å²) in [6, 6.07) is 0. The molecule has 1 heterocycles. The van der Waals surface area contributed by atoms with Crippen LogP contribution in [0.5, 0.6) is 0 Å². The van der Waals surface area contributed by atoms with E-state index < -0.39 is 16.4 Å². The molecule has 0 spiro atoms. The molecule has 0 radical (unpaired) electrons. The van der Waals surface area contributed by atoms with Crippen LogP contribution in [-0.2, 0) is 38.1 Å². The van der Waals surface area contributed by atoms with E-state index in [1.807, 2.05) is 62.3 Å². The monoisotopic (exact) mass is 731 g/mol. The van der Waals surface area contributed by atoms with E-state index in [2.05, 4.69) is 6.92 Å². The molecule has 7 unspecified atom stereocenters. The number of hydrogen-bond acceptors (Lipinski definition) is 9. The molecule has 296 valence electrons. The lowest BCUT2D eigenvalue weighted by atomic mass is 9.52. The topological polar surface area (TPSA) is 125 Å². The highest BCUT2D eigenvalue weighted by Crippen LogP contribution is 2.59. The van der Waals surface area contributed by atoms with Gasteiger partial charge in [-0.1, -0.05) is 27.7 Å². The van der Waals surface area contributed by atoms with Crippen molar-refractivity contribution in [1.82, 2.24) is 0 Å². The fourth-order valence-corrected chi connectivity index (χ4v) is 10.2. The number of aliphatic hydroxyl groups is 1. The molecule has 0 aromatic heterocycles. The van der Waals surface area contributed by atoms with Gasteiger partial charge in [-0.25, -0.2) is 0 Å². The molecule has 9 nitrogen and oxygen atoms in total. The molecular formula is C43H70O9. The average molecular weight is 731 g/mol. The van der Waals surface area contributed by atoms with Crippen LogP contribution in [0.25, 0.3) is 0 Å². The van der Waals surface area contributed by atoms with E-state index in [-0.39, 0.29) is 58.6 Å². The van der Waals surface area contributed by atoms with Crippen LogP contribution < -0.4 is 0 Å². The fraction of sp³-hybridized carbons (Fsp3) is 0.907. The second-order valence-corrected chi connectivity index (χ2v) is 19.9. The lowest BCUT2D eigenvalue weighted by molar-refractivity contribution is -0.225. The summed E-state index contributed by atoms with van der Waals surface area (Å²) in [4.78, 5) is 48.1. The summed E-state index contributed by atoms with van der Waals surface area (Å²) in [6.45, 7) is 19.8. The van der Waals surface area contributed by atoms with Crippen LogP contribution in [0.15, 0.2) is 0 Å². The Morgan fingerprint density at radius 1 is 0.750 bits per heavy atom. The van der Waals surface area contributed by atoms with Crippen molar-refractivity contribution < 1.29 is 43.2 Å². The minimum Gasteiger partial charge on any atom is -0.459 e. The van der Waals surface area contributed by atoms with Crippen LogP contribution in [0.3, 0.4) is 0 Å². The number of hydrogen-bond donors (Lipinski definition) is 1. The Hall–Kier alpha value is -2.16. The van der Waals surface area contributed by atoms with Crippen molar-refractivity contribution in [3.63, 3.8) is 0 Å². The zero-order chi connectivity index (χ0) is 38.5. The first-order chi connectivity index (χ1) is 24.2. The van der Waals surface area contributed by atoms with Gasteiger partial charge in [0.15, 0.2) is 0 Å². The highest BCUT2D eigenvalue weighted by molar-refractivity contribution is 5.79. The lowest BCUT2D eigenvalue weighted by Gasteiger charge is -2.59. The van der Waals surface area contributed by atoms with Crippen LogP contribution in [0.2, 0.25) is 0 Å². The van der Waals surface area contributed by atoms with Gasteiger partial charge in [0.05, 0.1) is 27.8 Å². The number of carbonyl (C=O) groups is 4. The Bertz CT molecular complexity index is 1330. The van der Waals surface area contributed by atoms with Crippen molar-refractivity contribution in [3.8, 4) is 0 Å². The van der Waals surface area contributed by atoms with Gasteiger partial charge in [0.25, 0.3) is 0 Å². The first-order valence-corrected chi connectivity index (χ1v) is 20.8. The van der Waals surface area contributed by atoms with E-state index in [0.717, 1.165) is 77.0 Å². The molecule has 0 amide bonds. The van der Waals surface area contributed by atoms with Gasteiger partial charge >= 0.3 is 23.9 Å². The maximum atomic E-state index is 12.4. The first kappa shape index (κ1) is 41.0. The molecule has 52 heavy (non-hydrogen) atoms. The summed E-state index contributed by atoms with van der Waals surface area (Å²) in [5, 5.41) is 10.6. The molecule has 7 saturated carbocycles. The van der Waals surface area contributed by atoms with Crippen molar-refractivity contribution in [2.24, 2.45) is 45.8 Å². The van der Waals surface area contributed by atoms with Gasteiger partial charge in [0.2, 0.25) is 0 Å². The van der Waals surface area contributed by atoms with E-state index in [4.69, 9.17) is 18.9 Å². The molecule has 7 atom stereocenters. The van der Waals surface area contributed by atoms with E-state index in [9.17, 15) is 24.3 Å². The molecule has 1 saturated heterocycles. The molecule has 8 fully saturated rings. The Morgan fingerprint density at radius 3 is 1.77 bits per heavy atom. The Kier molecular flexibility index (Phi) is 11.7. The third-order valence-electron chi connectivity index (χ3n) is 14.7. The second kappa shape index (κ2) is 14.8. The maximum Gasteiger partial charge on any atom is 0.312 e. The third-order valence-corrected chi connectivity index (χ3v) is 14.7. The predicted molar refractivity (Wildman–Crippen MR) is 198 cm³/mol. The van der Waals surface area contributed by atoms with Crippen LogP contribution in [0, 0.1) is 45.8 Å². The van der Waals surface area contributed by atoms with Gasteiger partial charge in [-0.2, -0.15) is 0 Å². The summed E-state index contributed by atoms with van der Waals surface area (Å²) in [5.41, 5.74) is -2.24. The Labute approximate surface area is 313 Å². The molecule has 1 N–H and O–H groups in total. The second-order valence-electron chi connectivity index (χ2n) is 19.9. The molecule has 8 rings (SSSR count). The highest BCUT2D eigenvalue weighted by Gasteiger charge is 2.64. The van der Waals surface area contributed by atoms with Gasteiger partial charge < -0.3 is 24.1 Å². The number of carbonyl (C=O) groups excluding carboxylic acids is 4. The maximum absolute atomic E-state index is 12.4. The first-order valence-electron chi connectivity index (χ1n) is 20.8. The van der Waals surface area contributed by atoms with Crippen molar-refractivity contribution in [2.45, 2.75) is 201 Å². The summed E-state index contributed by atoms with van der Waals surface area (Å²) in [5.74, 6) is 1.47. The number of fused-ring (bicyclic) bond motifs is 1. The van der Waals surface area contributed by atoms with Crippen LogP contribution in [0.1, 0.15) is 172 Å². The average Bonchev–Trinajstić information content (AvgIpc) is 3.84. The van der Waals surface area contributed by atoms with Crippen molar-refractivity contribution in [1.29, 1.82) is 0 Å². The largest absolute Gasteiger partial charge is 0.459 e. The zero-order valence-electron chi connectivity index (χ0n) is 34.1. The fourth-order valence-electron chi connectivity index (χ4n) is 10.2. The Balaban J connectivity index is 0.000000152. The molecular weight excluding hydrogens is 660 g/mol. The van der Waals surface area contributed by atoms with Gasteiger partial charge in [0, 0.05) is 18.3 Å². The molecule has 7 aliphatic carbocycles. The zero-order valence-corrected chi connectivity index (χ0v) is 34.1. The molecule has 8 aliphatic rings. The smallest absolute Gasteiger partial charge is 0.312 e. The number of esters is 4. The van der Waals surface area contributed by atoms with Gasteiger partial charge in [-0.3, -0.25) is 19.2 Å². The van der Waals surface area contributed by atoms with Crippen molar-refractivity contribution >= 4 is 23.9 Å². The van der Waals surface area contributed by atoms with Crippen molar-refractivity contribution in [3.05, 3.63) is 0 Å². The quantitative estimate of drug-likeness (QED) is 0.174. The van der Waals surface area contributed by atoms with Crippen molar-refractivity contribution in [2.75, 3.05) is 0 Å². The molecule has 1 aliphatic heterocycles. The third kappa shape index (κ3) is 8.24. The van der Waals surface area contributed by atoms with Gasteiger partial charge in [-0.05, 0) is 150 Å². The molecule has 0 aromatic rings. The lowest BCUT2D eigenvalue weighted by Crippen LogP contribution is -2.61. The van der Waals surface area contributed by atoms with E-state index in [0.29, 0.717) is 30.1 Å². The van der Waals surface area contributed by atoms with E-state index in [1.54, 1.807) is 0 Å². The minimum atomic E-state index is -0.555. The molecule has 9 heteroatoms. The Morgan fingerprint density at radius 2 is 1.27 bits per heavy atom. The van der Waals surface area contributed by atoms with Crippen LogP contribution in [-0.4, -0.2) is 58.0 Å².